The highest BCUT2D eigenvalue weighted by Gasteiger charge is 2.16. The van der Waals surface area contributed by atoms with Gasteiger partial charge in [-0.15, -0.1) is 0 Å². The Labute approximate surface area is 93.7 Å². The van der Waals surface area contributed by atoms with Crippen LogP contribution in [0.3, 0.4) is 0 Å². The SMILES string of the molecule is CCc1c(F)cc2cc(CC)n(C)c2c1F. The zero-order valence-corrected chi connectivity index (χ0v) is 9.77. The lowest BCUT2D eigenvalue weighted by molar-refractivity contribution is 0.564. The normalized spacial score (nSPS) is 11.3. The highest BCUT2D eigenvalue weighted by Crippen LogP contribution is 2.27. The molecular formula is C13H15F2N. The second-order valence-corrected chi connectivity index (χ2v) is 3.99. The van der Waals surface area contributed by atoms with Gasteiger partial charge in [0.1, 0.15) is 5.82 Å². The van der Waals surface area contributed by atoms with Gasteiger partial charge in [0.15, 0.2) is 5.82 Å². The Morgan fingerprint density at radius 1 is 1.12 bits per heavy atom. The minimum absolute atomic E-state index is 0.177. The fourth-order valence-corrected chi connectivity index (χ4v) is 2.20. The summed E-state index contributed by atoms with van der Waals surface area (Å²) in [5.74, 6) is -0.861. The van der Waals surface area contributed by atoms with Crippen molar-refractivity contribution >= 4 is 10.9 Å². The molecule has 0 saturated heterocycles. The number of aromatic nitrogens is 1. The molecule has 0 aliphatic rings. The fraction of sp³-hybridized carbons (Fsp3) is 0.385. The molecule has 0 atom stereocenters. The fourth-order valence-electron chi connectivity index (χ4n) is 2.20. The lowest BCUT2D eigenvalue weighted by Crippen LogP contribution is -2.00. The van der Waals surface area contributed by atoms with Crippen LogP contribution in [0.15, 0.2) is 12.1 Å². The van der Waals surface area contributed by atoms with Gasteiger partial charge in [-0.25, -0.2) is 8.78 Å². The van der Waals surface area contributed by atoms with E-state index in [-0.39, 0.29) is 5.56 Å². The second kappa shape index (κ2) is 3.89. The third-order valence-corrected chi connectivity index (χ3v) is 3.12. The molecule has 3 heteroatoms. The van der Waals surface area contributed by atoms with Crippen LogP contribution in [-0.2, 0) is 19.9 Å². The average molecular weight is 223 g/mol. The maximum Gasteiger partial charge on any atom is 0.153 e. The van der Waals surface area contributed by atoms with Gasteiger partial charge < -0.3 is 4.57 Å². The molecule has 0 aliphatic carbocycles. The molecule has 0 aliphatic heterocycles. The van der Waals surface area contributed by atoms with E-state index in [1.807, 2.05) is 24.6 Å². The lowest BCUT2D eigenvalue weighted by Gasteiger charge is -2.06. The van der Waals surface area contributed by atoms with Crippen molar-refractivity contribution in [3.63, 3.8) is 0 Å². The van der Waals surface area contributed by atoms with Crippen LogP contribution in [0, 0.1) is 11.6 Å². The van der Waals surface area contributed by atoms with Crippen molar-refractivity contribution in [1.82, 2.24) is 4.57 Å². The quantitative estimate of drug-likeness (QED) is 0.733. The molecule has 1 aromatic carbocycles. The van der Waals surface area contributed by atoms with Crippen molar-refractivity contribution in [2.45, 2.75) is 26.7 Å². The van der Waals surface area contributed by atoms with Gasteiger partial charge in [0.05, 0.1) is 5.52 Å². The summed E-state index contributed by atoms with van der Waals surface area (Å²) in [6.07, 6.45) is 1.19. The molecule has 1 nitrogen and oxygen atoms in total. The van der Waals surface area contributed by atoms with Crippen molar-refractivity contribution in [2.24, 2.45) is 7.05 Å². The number of nitrogens with zero attached hydrogens (tertiary/aromatic N) is 1. The maximum absolute atomic E-state index is 14.1. The predicted octanol–water partition coefficient (Wildman–Crippen LogP) is 3.58. The summed E-state index contributed by atoms with van der Waals surface area (Å²) in [5.41, 5.74) is 1.70. The first kappa shape index (κ1) is 11.1. The van der Waals surface area contributed by atoms with Crippen LogP contribution in [0.25, 0.3) is 10.9 Å². The zero-order chi connectivity index (χ0) is 11.9. The Hall–Kier alpha value is -1.38. The first-order valence-corrected chi connectivity index (χ1v) is 5.55. The Balaban J connectivity index is 2.86. The summed E-state index contributed by atoms with van der Waals surface area (Å²) in [6, 6.07) is 3.28. The first-order valence-electron chi connectivity index (χ1n) is 5.55. The molecule has 0 amide bonds. The molecule has 86 valence electrons. The monoisotopic (exact) mass is 223 g/mol. The summed E-state index contributed by atoms with van der Waals surface area (Å²) in [4.78, 5) is 0. The van der Waals surface area contributed by atoms with Crippen molar-refractivity contribution in [2.75, 3.05) is 0 Å². The number of hydrogen-bond acceptors (Lipinski definition) is 0. The van der Waals surface area contributed by atoms with Gasteiger partial charge in [-0.2, -0.15) is 0 Å². The minimum atomic E-state index is -0.444. The standard InChI is InChI=1S/C13H15F2N/c1-4-9-6-8-7-11(14)10(5-2)12(15)13(8)16(9)3/h6-7H,4-5H2,1-3H3. The smallest absolute Gasteiger partial charge is 0.153 e. The Bertz CT molecular complexity index is 541. The van der Waals surface area contributed by atoms with Crippen LogP contribution in [0.5, 0.6) is 0 Å². The molecule has 0 N–H and O–H groups in total. The van der Waals surface area contributed by atoms with Crippen LogP contribution in [-0.4, -0.2) is 4.57 Å². The van der Waals surface area contributed by atoms with Crippen molar-refractivity contribution < 1.29 is 8.78 Å². The molecule has 16 heavy (non-hydrogen) atoms. The van der Waals surface area contributed by atoms with Crippen molar-refractivity contribution in [3.8, 4) is 0 Å². The van der Waals surface area contributed by atoms with Crippen molar-refractivity contribution in [3.05, 3.63) is 35.0 Å². The number of benzene rings is 1. The average Bonchev–Trinajstić information content (AvgIpc) is 2.55. The predicted molar refractivity (Wildman–Crippen MR) is 61.6 cm³/mol. The summed E-state index contributed by atoms with van der Waals surface area (Å²) < 4.78 is 29.5. The Morgan fingerprint density at radius 2 is 1.81 bits per heavy atom. The summed E-state index contributed by atoms with van der Waals surface area (Å²) >= 11 is 0. The van der Waals surface area contributed by atoms with Crippen LogP contribution >= 0.6 is 0 Å². The second-order valence-electron chi connectivity index (χ2n) is 3.99. The molecule has 2 rings (SSSR count). The summed E-state index contributed by atoms with van der Waals surface area (Å²) in [5, 5.41) is 0.645. The maximum atomic E-state index is 14.1. The molecule has 0 saturated carbocycles. The van der Waals surface area contributed by atoms with Gasteiger partial charge in [-0.3, -0.25) is 0 Å². The van der Waals surface area contributed by atoms with E-state index in [9.17, 15) is 8.78 Å². The Morgan fingerprint density at radius 3 is 2.38 bits per heavy atom. The molecule has 0 spiro atoms. The third kappa shape index (κ3) is 1.42. The van der Waals surface area contributed by atoms with E-state index in [0.29, 0.717) is 17.3 Å². The van der Waals surface area contributed by atoms with Crippen molar-refractivity contribution in [1.29, 1.82) is 0 Å². The molecule has 0 bridgehead atoms. The highest BCUT2D eigenvalue weighted by molar-refractivity contribution is 5.83. The van der Waals surface area contributed by atoms with Crippen LogP contribution in [0.1, 0.15) is 25.1 Å². The number of rotatable bonds is 2. The number of hydrogen-bond donors (Lipinski definition) is 0. The highest BCUT2D eigenvalue weighted by atomic mass is 19.1. The minimum Gasteiger partial charge on any atom is -0.345 e. The van der Waals surface area contributed by atoms with E-state index in [0.717, 1.165) is 12.1 Å². The van der Waals surface area contributed by atoms with Gasteiger partial charge in [0, 0.05) is 23.7 Å². The number of aryl methyl sites for hydroxylation is 2. The largest absolute Gasteiger partial charge is 0.345 e. The van der Waals surface area contributed by atoms with Crippen LogP contribution in [0.4, 0.5) is 8.78 Å². The molecule has 0 radical (unpaired) electrons. The first-order chi connectivity index (χ1) is 7.60. The van der Waals surface area contributed by atoms with E-state index >= 15 is 0 Å². The molecule has 1 heterocycles. The van der Waals surface area contributed by atoms with Gasteiger partial charge in [-0.05, 0) is 25.0 Å². The van der Waals surface area contributed by atoms with E-state index in [1.54, 1.807) is 6.92 Å². The zero-order valence-electron chi connectivity index (χ0n) is 9.77. The van der Waals surface area contributed by atoms with Gasteiger partial charge in [0.2, 0.25) is 0 Å². The van der Waals surface area contributed by atoms with Crippen LogP contribution < -0.4 is 0 Å². The van der Waals surface area contributed by atoms with Gasteiger partial charge >= 0.3 is 0 Å². The molecular weight excluding hydrogens is 208 g/mol. The van der Waals surface area contributed by atoms with Gasteiger partial charge in [0.25, 0.3) is 0 Å². The topological polar surface area (TPSA) is 4.93 Å². The summed E-state index contributed by atoms with van der Waals surface area (Å²) in [7, 11) is 1.82. The number of halogens is 2. The molecule has 0 fully saturated rings. The number of fused-ring (bicyclic) bond motifs is 1. The third-order valence-electron chi connectivity index (χ3n) is 3.12. The molecule has 2 aromatic rings. The van der Waals surface area contributed by atoms with E-state index in [1.165, 1.54) is 6.07 Å². The summed E-state index contributed by atoms with van der Waals surface area (Å²) in [6.45, 7) is 3.76. The van der Waals surface area contributed by atoms with Gasteiger partial charge in [-0.1, -0.05) is 13.8 Å². The molecule has 1 aromatic heterocycles. The van der Waals surface area contributed by atoms with E-state index in [2.05, 4.69) is 0 Å². The van der Waals surface area contributed by atoms with Crippen LogP contribution in [0.2, 0.25) is 0 Å². The lowest BCUT2D eigenvalue weighted by atomic mass is 10.1. The Kier molecular flexibility index (Phi) is 2.70. The van der Waals surface area contributed by atoms with E-state index < -0.39 is 11.6 Å². The molecule has 0 unspecified atom stereocenters. The van der Waals surface area contributed by atoms with E-state index in [4.69, 9.17) is 0 Å².